The number of aliphatic hydroxyl groups is 2. The first-order valence-electron chi connectivity index (χ1n) is 10.5. The molecule has 0 aromatic rings. The summed E-state index contributed by atoms with van der Waals surface area (Å²) < 4.78 is 15.4. The quantitative estimate of drug-likeness (QED) is 0.635. The third kappa shape index (κ3) is 2.39. The van der Waals surface area contributed by atoms with Crippen molar-refractivity contribution in [1.82, 2.24) is 0 Å². The van der Waals surface area contributed by atoms with Crippen molar-refractivity contribution in [2.45, 2.75) is 74.9 Å². The van der Waals surface area contributed by atoms with Gasteiger partial charge >= 0.3 is 0 Å². The molecule has 0 radical (unpaired) electrons. The van der Waals surface area contributed by atoms with E-state index < -0.39 is 51.2 Å². The van der Waals surface area contributed by atoms with Gasteiger partial charge in [-0.2, -0.15) is 0 Å². The van der Waals surface area contributed by atoms with Crippen LogP contribution in [0, 0.1) is 28.6 Å². The summed E-state index contributed by atoms with van der Waals surface area (Å²) in [5.41, 5.74) is -2.93. The molecule has 7 heteroatoms. The lowest BCUT2D eigenvalue weighted by Crippen LogP contribution is -2.69. The smallest absolute Gasteiger partial charge is 0.190 e. The molecule has 0 spiro atoms. The van der Waals surface area contributed by atoms with Crippen molar-refractivity contribution < 1.29 is 24.2 Å². The van der Waals surface area contributed by atoms with Gasteiger partial charge in [-0.3, -0.25) is 9.59 Å². The van der Waals surface area contributed by atoms with E-state index >= 15 is 4.39 Å². The number of carbonyl (C=O) groups is 2. The van der Waals surface area contributed by atoms with Crippen LogP contribution in [0.25, 0.3) is 0 Å². The molecule has 9 atom stereocenters. The van der Waals surface area contributed by atoms with Crippen LogP contribution in [0.15, 0.2) is 11.6 Å². The molecule has 4 rings (SSSR count). The van der Waals surface area contributed by atoms with E-state index in [2.05, 4.69) is 0 Å². The maximum Gasteiger partial charge on any atom is 0.190 e. The van der Waals surface area contributed by atoms with E-state index in [0.29, 0.717) is 31.3 Å². The molecule has 162 valence electrons. The Bertz CT molecular complexity index is 802. The van der Waals surface area contributed by atoms with Gasteiger partial charge in [0.25, 0.3) is 0 Å². The molecule has 0 saturated heterocycles. The second-order valence-corrected chi connectivity index (χ2v) is 11.3. The number of hydrogen-bond donors (Lipinski definition) is 2. The summed E-state index contributed by atoms with van der Waals surface area (Å²) in [4.78, 5) is 23.7. The van der Waals surface area contributed by atoms with Crippen LogP contribution in [-0.2, 0) is 9.59 Å². The number of halogens is 3. The number of ketones is 2. The predicted octanol–water partition coefficient (Wildman–Crippen LogP) is 3.58. The van der Waals surface area contributed by atoms with Crippen molar-refractivity contribution in [3.63, 3.8) is 0 Å². The van der Waals surface area contributed by atoms with Gasteiger partial charge in [0, 0.05) is 17.3 Å². The number of aliphatic hydroxyl groups excluding tert-OH is 1. The first-order valence-corrected chi connectivity index (χ1v) is 11.3. The number of hydrogen-bond acceptors (Lipinski definition) is 4. The van der Waals surface area contributed by atoms with Gasteiger partial charge in [-0.15, -0.1) is 23.2 Å². The fourth-order valence-electron chi connectivity index (χ4n) is 7.54. The van der Waals surface area contributed by atoms with Gasteiger partial charge in [-0.1, -0.05) is 20.8 Å². The molecule has 2 N–H and O–H groups in total. The van der Waals surface area contributed by atoms with E-state index in [9.17, 15) is 19.8 Å². The molecule has 4 aliphatic carbocycles. The lowest BCUT2D eigenvalue weighted by molar-refractivity contribution is -0.169. The maximum atomic E-state index is 15.4. The predicted molar refractivity (Wildman–Crippen MR) is 109 cm³/mol. The van der Waals surface area contributed by atoms with Gasteiger partial charge in [0.05, 0.1) is 10.3 Å². The molecular weight excluding hydrogens is 418 g/mol. The molecule has 3 fully saturated rings. The van der Waals surface area contributed by atoms with E-state index in [4.69, 9.17) is 23.2 Å². The highest BCUT2D eigenvalue weighted by atomic mass is 35.5. The number of rotatable bonds is 2. The van der Waals surface area contributed by atoms with Gasteiger partial charge < -0.3 is 10.2 Å². The van der Waals surface area contributed by atoms with Crippen LogP contribution in [0.2, 0.25) is 0 Å². The SMILES string of the molecule is CC1C[C@H]2[C@@H]3CC(F)C4=CC(=O)CC[C@]4(C)[C@@]3(Cl)C(Cl)C[C@]2(C)[C@@]1(O)C(=O)CO. The molecule has 0 aliphatic heterocycles. The normalized spacial score (nSPS) is 54.3. The van der Waals surface area contributed by atoms with Gasteiger partial charge in [-0.25, -0.2) is 4.39 Å². The van der Waals surface area contributed by atoms with Crippen molar-refractivity contribution in [2.24, 2.45) is 28.6 Å². The Morgan fingerprint density at radius 1 is 1.31 bits per heavy atom. The summed E-state index contributed by atoms with van der Waals surface area (Å²) in [6.45, 7) is 4.81. The average Bonchev–Trinajstić information content (AvgIpc) is 2.86. The van der Waals surface area contributed by atoms with Crippen LogP contribution >= 0.6 is 23.2 Å². The third-order valence-corrected chi connectivity index (χ3v) is 10.7. The van der Waals surface area contributed by atoms with E-state index in [0.717, 1.165) is 0 Å². The first-order chi connectivity index (χ1) is 13.4. The number of allylic oxidation sites excluding steroid dienone is 1. The molecule has 0 bridgehead atoms. The molecule has 0 heterocycles. The summed E-state index contributed by atoms with van der Waals surface area (Å²) in [5.74, 6) is -1.64. The van der Waals surface area contributed by atoms with E-state index in [1.165, 1.54) is 6.08 Å². The van der Waals surface area contributed by atoms with Crippen LogP contribution in [0.4, 0.5) is 4.39 Å². The molecular formula is C22H29Cl2FO4. The second-order valence-electron chi connectivity index (χ2n) is 10.2. The molecule has 4 aliphatic rings. The zero-order chi connectivity index (χ0) is 21.6. The summed E-state index contributed by atoms with van der Waals surface area (Å²) in [7, 11) is 0. The fourth-order valence-corrected chi connectivity index (χ4v) is 8.79. The van der Waals surface area contributed by atoms with Crippen LogP contribution in [-0.4, -0.2) is 50.4 Å². The van der Waals surface area contributed by atoms with Gasteiger partial charge in [-0.05, 0) is 55.1 Å². The first kappa shape index (κ1) is 21.7. The topological polar surface area (TPSA) is 74.6 Å². The number of Topliss-reactive ketones (excluding diaryl/α,β-unsaturated/α-hetero) is 1. The van der Waals surface area contributed by atoms with E-state index in [1.807, 2.05) is 13.8 Å². The lowest BCUT2D eigenvalue weighted by atomic mass is 9.45. The summed E-state index contributed by atoms with van der Waals surface area (Å²) in [6.07, 6.45) is 1.81. The maximum absolute atomic E-state index is 15.4. The Hall–Kier alpha value is -0.490. The van der Waals surface area contributed by atoms with Crippen LogP contribution in [0.5, 0.6) is 0 Å². The zero-order valence-corrected chi connectivity index (χ0v) is 18.6. The van der Waals surface area contributed by atoms with Crippen molar-refractivity contribution in [3.8, 4) is 0 Å². The van der Waals surface area contributed by atoms with E-state index in [-0.39, 0.29) is 24.0 Å². The largest absolute Gasteiger partial charge is 0.388 e. The van der Waals surface area contributed by atoms with Crippen molar-refractivity contribution in [2.75, 3.05) is 6.61 Å². The molecule has 3 saturated carbocycles. The third-order valence-electron chi connectivity index (χ3n) is 9.13. The van der Waals surface area contributed by atoms with E-state index in [1.54, 1.807) is 6.92 Å². The molecule has 0 amide bonds. The van der Waals surface area contributed by atoms with Crippen molar-refractivity contribution >= 4 is 34.8 Å². The minimum atomic E-state index is -1.72. The summed E-state index contributed by atoms with van der Waals surface area (Å²) in [5, 5.41) is 20.4. The van der Waals surface area contributed by atoms with Crippen molar-refractivity contribution in [1.29, 1.82) is 0 Å². The number of alkyl halides is 3. The van der Waals surface area contributed by atoms with Gasteiger partial charge in [0.2, 0.25) is 0 Å². The Kier molecular flexibility index (Phi) is 4.88. The second kappa shape index (κ2) is 6.51. The van der Waals surface area contributed by atoms with Gasteiger partial charge in [0.15, 0.2) is 11.6 Å². The zero-order valence-electron chi connectivity index (χ0n) is 17.1. The Morgan fingerprint density at radius 3 is 2.59 bits per heavy atom. The highest BCUT2D eigenvalue weighted by molar-refractivity contribution is 6.33. The average molecular weight is 447 g/mol. The summed E-state index contributed by atoms with van der Waals surface area (Å²) in [6, 6.07) is 0. The lowest BCUT2D eigenvalue weighted by Gasteiger charge is -2.65. The van der Waals surface area contributed by atoms with Crippen LogP contribution in [0.1, 0.15) is 52.9 Å². The Labute approximate surface area is 180 Å². The number of carbonyl (C=O) groups excluding carboxylic acids is 2. The molecule has 4 nitrogen and oxygen atoms in total. The molecule has 0 aromatic carbocycles. The van der Waals surface area contributed by atoms with Gasteiger partial charge in [0.1, 0.15) is 18.4 Å². The summed E-state index contributed by atoms with van der Waals surface area (Å²) >= 11 is 14.3. The fraction of sp³-hybridized carbons (Fsp3) is 0.818. The molecule has 29 heavy (non-hydrogen) atoms. The van der Waals surface area contributed by atoms with Crippen molar-refractivity contribution in [3.05, 3.63) is 11.6 Å². The Morgan fingerprint density at radius 2 is 1.97 bits per heavy atom. The minimum absolute atomic E-state index is 0.0805. The van der Waals surface area contributed by atoms with Crippen LogP contribution in [0.3, 0.4) is 0 Å². The monoisotopic (exact) mass is 446 g/mol. The van der Waals surface area contributed by atoms with Crippen LogP contribution < -0.4 is 0 Å². The molecule has 3 unspecified atom stereocenters. The number of fused-ring (bicyclic) bond motifs is 5. The molecule has 0 aromatic heterocycles. The Balaban J connectivity index is 1.86. The minimum Gasteiger partial charge on any atom is -0.388 e. The highest BCUT2D eigenvalue weighted by Gasteiger charge is 2.75. The highest BCUT2D eigenvalue weighted by Crippen LogP contribution is 2.73. The standard InChI is InChI=1S/C22H29Cl2FO4/c1-11-6-13-14-8-16(25)15-7-12(27)4-5-19(15,2)21(14,24)17(23)9-20(13,3)22(11,29)18(28)10-26/h7,11,13-14,16-17,26,29H,4-6,8-10H2,1-3H3/t11?,13-,14-,16?,17?,19-,20-,21-,22-/m0/s1.